The summed E-state index contributed by atoms with van der Waals surface area (Å²) in [7, 11) is 7.17. The first-order valence-electron chi connectivity index (χ1n) is 7.89. The van der Waals surface area contributed by atoms with Crippen LogP contribution in [-0.2, 0) is 74.9 Å². The molecule has 21 heavy (non-hydrogen) atoms. The van der Waals surface area contributed by atoms with Gasteiger partial charge in [0, 0.05) is 77.6 Å². The first-order valence-corrected chi connectivity index (χ1v) is 7.89. The zero-order valence-corrected chi connectivity index (χ0v) is 19.5. The Morgan fingerprint density at radius 2 is 0.952 bits per heavy atom. The van der Waals surface area contributed by atoms with Crippen LogP contribution < -0.4 is 0 Å². The molecule has 2 fully saturated rings. The number of ether oxygens (including phenoxy) is 2. The van der Waals surface area contributed by atoms with Gasteiger partial charge in [0.15, 0.2) is 0 Å². The van der Waals surface area contributed by atoms with Crippen LogP contribution >= 0.6 is 0 Å². The van der Waals surface area contributed by atoms with Gasteiger partial charge in [-0.15, -0.1) is 0 Å². The van der Waals surface area contributed by atoms with Crippen LogP contribution in [0.4, 0.5) is 0 Å². The zero-order chi connectivity index (χ0) is 13.9. The van der Waals surface area contributed by atoms with Gasteiger partial charge in [0.2, 0.25) is 0 Å². The maximum Gasteiger partial charge on any atom is 0.0228 e. The second-order valence-electron chi connectivity index (χ2n) is 7.10. The van der Waals surface area contributed by atoms with Crippen LogP contribution in [0, 0.1) is 31.5 Å². The van der Waals surface area contributed by atoms with Crippen LogP contribution in [-0.4, -0.2) is 12.2 Å². The fraction of sp³-hybridized carbons (Fsp3) is 0.882. The standard InChI is InChI=1S/C17H30O2.2Y/c1-17(2,13-5-9-15(18-3)10-6-13)14-7-11-16(19-4)12-8-14;;/h13-16H,3-12H2,1-2H3;;/q-2;;. The van der Waals surface area contributed by atoms with Crippen LogP contribution in [0.25, 0.3) is 0 Å². The van der Waals surface area contributed by atoms with Gasteiger partial charge in [0.1, 0.15) is 0 Å². The van der Waals surface area contributed by atoms with Crippen molar-refractivity contribution in [2.75, 3.05) is 0 Å². The first kappa shape index (κ1) is 23.1. The quantitative estimate of drug-likeness (QED) is 0.584. The van der Waals surface area contributed by atoms with Crippen molar-refractivity contribution in [3.8, 4) is 0 Å². The summed E-state index contributed by atoms with van der Waals surface area (Å²) in [6.07, 6.45) is 10.8. The molecule has 0 aromatic heterocycles. The van der Waals surface area contributed by atoms with Gasteiger partial charge in [-0.05, 0) is 68.6 Å². The molecule has 0 N–H and O–H groups in total. The van der Waals surface area contributed by atoms with E-state index in [4.69, 9.17) is 9.47 Å². The van der Waals surface area contributed by atoms with E-state index in [2.05, 4.69) is 28.1 Å². The smallest absolute Gasteiger partial charge is 0.0228 e. The van der Waals surface area contributed by atoms with Crippen LogP contribution in [0.5, 0.6) is 0 Å². The molecule has 0 atom stereocenters. The molecule has 0 aromatic carbocycles. The van der Waals surface area contributed by atoms with Gasteiger partial charge in [-0.1, -0.05) is 13.8 Å². The molecular weight excluding hydrogens is 414 g/mol. The third-order valence-electron chi connectivity index (χ3n) is 5.92. The van der Waals surface area contributed by atoms with E-state index in [1.54, 1.807) is 0 Å². The molecule has 0 spiro atoms. The van der Waals surface area contributed by atoms with Crippen molar-refractivity contribution < 1.29 is 74.9 Å². The van der Waals surface area contributed by atoms with Crippen LogP contribution in [0.15, 0.2) is 0 Å². The van der Waals surface area contributed by atoms with Crippen molar-refractivity contribution in [1.82, 2.24) is 0 Å². The van der Waals surface area contributed by atoms with Gasteiger partial charge in [-0.3, -0.25) is 0 Å². The Kier molecular flexibility index (Phi) is 12.0. The molecule has 4 heteroatoms. The summed E-state index contributed by atoms with van der Waals surface area (Å²) in [4.78, 5) is 0. The molecule has 0 aliphatic heterocycles. The Bertz CT molecular complexity index is 242. The van der Waals surface area contributed by atoms with E-state index in [0.717, 1.165) is 11.8 Å². The third-order valence-corrected chi connectivity index (χ3v) is 5.92. The molecule has 0 heterocycles. The Morgan fingerprint density at radius 1 is 0.667 bits per heavy atom. The second kappa shape index (κ2) is 10.9. The molecule has 2 radical (unpaired) electrons. The van der Waals surface area contributed by atoms with Crippen molar-refractivity contribution in [3.63, 3.8) is 0 Å². The van der Waals surface area contributed by atoms with Crippen LogP contribution in [0.3, 0.4) is 0 Å². The summed E-state index contributed by atoms with van der Waals surface area (Å²) in [5.74, 6) is 1.70. The summed E-state index contributed by atoms with van der Waals surface area (Å²) in [6.45, 7) is 4.97. The minimum absolute atomic E-state index is 0. The zero-order valence-electron chi connectivity index (χ0n) is 13.9. The Morgan fingerprint density at radius 3 is 1.19 bits per heavy atom. The predicted molar refractivity (Wildman–Crippen MR) is 78.2 cm³/mol. The van der Waals surface area contributed by atoms with Gasteiger partial charge >= 0.3 is 0 Å². The van der Waals surface area contributed by atoms with Crippen molar-refractivity contribution in [3.05, 3.63) is 14.2 Å². The average molecular weight is 444 g/mol. The predicted octanol–water partition coefficient (Wildman–Crippen LogP) is 4.74. The van der Waals surface area contributed by atoms with E-state index >= 15 is 0 Å². The SMILES string of the molecule is [CH2-]OC1CCC(C(C)(C)C2CCC(O[CH2-])CC2)CC1.[Y].[Y]. The van der Waals surface area contributed by atoms with E-state index < -0.39 is 0 Å². The monoisotopic (exact) mass is 444 g/mol. The fourth-order valence-corrected chi connectivity index (χ4v) is 4.28. The normalized spacial score (nSPS) is 33.7. The molecule has 118 valence electrons. The van der Waals surface area contributed by atoms with E-state index in [1.165, 1.54) is 51.4 Å². The van der Waals surface area contributed by atoms with Gasteiger partial charge in [0.05, 0.1) is 0 Å². The van der Waals surface area contributed by atoms with Crippen molar-refractivity contribution >= 4 is 0 Å². The number of hydrogen-bond donors (Lipinski definition) is 0. The van der Waals surface area contributed by atoms with E-state index in [0.29, 0.717) is 17.6 Å². The second-order valence-corrected chi connectivity index (χ2v) is 7.10. The molecule has 0 bridgehead atoms. The van der Waals surface area contributed by atoms with Crippen LogP contribution in [0.2, 0.25) is 0 Å². The molecule has 2 saturated carbocycles. The van der Waals surface area contributed by atoms with Crippen molar-refractivity contribution in [2.24, 2.45) is 17.3 Å². The summed E-state index contributed by atoms with van der Waals surface area (Å²) >= 11 is 0. The van der Waals surface area contributed by atoms with Crippen molar-refractivity contribution in [1.29, 1.82) is 0 Å². The topological polar surface area (TPSA) is 18.5 Å². The van der Waals surface area contributed by atoms with Crippen molar-refractivity contribution in [2.45, 2.75) is 77.4 Å². The largest absolute Gasteiger partial charge is 0.553 e. The number of rotatable bonds is 4. The third kappa shape index (κ3) is 6.17. The maximum atomic E-state index is 5.25. The molecule has 0 unspecified atom stereocenters. The molecule has 0 aromatic rings. The fourth-order valence-electron chi connectivity index (χ4n) is 4.28. The maximum absolute atomic E-state index is 5.25. The van der Waals surface area contributed by atoms with Gasteiger partial charge in [0.25, 0.3) is 0 Å². The number of hydrogen-bond acceptors (Lipinski definition) is 2. The summed E-state index contributed by atoms with van der Waals surface area (Å²) in [5.41, 5.74) is 0.457. The van der Waals surface area contributed by atoms with Gasteiger partial charge in [-0.2, -0.15) is 0 Å². The minimum atomic E-state index is 0. The molecular formula is C17H30O2Y2-2. The molecule has 2 rings (SSSR count). The molecule has 0 amide bonds. The van der Waals surface area contributed by atoms with E-state index in [-0.39, 0.29) is 65.4 Å². The summed E-state index contributed by atoms with van der Waals surface area (Å²) in [6, 6.07) is 0. The van der Waals surface area contributed by atoms with E-state index in [1.807, 2.05) is 0 Å². The Balaban J connectivity index is 0.00000200. The molecule has 2 aliphatic rings. The average Bonchev–Trinajstić information content (AvgIpc) is 2.47. The summed E-state index contributed by atoms with van der Waals surface area (Å²) in [5, 5.41) is 0. The Hall–Kier alpha value is 2.13. The van der Waals surface area contributed by atoms with E-state index in [9.17, 15) is 0 Å². The molecule has 0 saturated heterocycles. The van der Waals surface area contributed by atoms with Gasteiger partial charge in [-0.25, -0.2) is 14.2 Å². The van der Waals surface area contributed by atoms with Gasteiger partial charge < -0.3 is 9.47 Å². The minimum Gasteiger partial charge on any atom is -0.553 e. The molecule has 2 aliphatic carbocycles. The first-order chi connectivity index (χ1) is 9.07. The van der Waals surface area contributed by atoms with Crippen LogP contribution in [0.1, 0.15) is 65.2 Å². The summed E-state index contributed by atoms with van der Waals surface area (Å²) < 4.78 is 10.5. The molecule has 2 nitrogen and oxygen atoms in total. The Labute approximate surface area is 182 Å².